The maximum atomic E-state index is 12.1. The zero-order chi connectivity index (χ0) is 16.5. The van der Waals surface area contributed by atoms with Crippen molar-refractivity contribution in [1.82, 2.24) is 0 Å². The van der Waals surface area contributed by atoms with Crippen molar-refractivity contribution >= 4 is 14.0 Å². The highest BCUT2D eigenvalue weighted by molar-refractivity contribution is 7.39. The molecule has 0 aromatic heterocycles. The van der Waals surface area contributed by atoms with Gasteiger partial charge in [0.1, 0.15) is 5.92 Å². The lowest BCUT2D eigenvalue weighted by molar-refractivity contribution is -0.145. The van der Waals surface area contributed by atoms with Crippen molar-refractivity contribution in [2.75, 3.05) is 13.3 Å². The molecule has 0 saturated heterocycles. The lowest BCUT2D eigenvalue weighted by Crippen LogP contribution is -2.26. The first-order valence-electron chi connectivity index (χ1n) is 8.02. The van der Waals surface area contributed by atoms with Crippen LogP contribution in [-0.2, 0) is 18.6 Å². The summed E-state index contributed by atoms with van der Waals surface area (Å²) in [5.74, 6) is 0.107. The molecule has 2 N–H and O–H groups in total. The summed E-state index contributed by atoms with van der Waals surface area (Å²) in [5, 5.41) is 0. The SMILES string of the molecule is COC(=O)C(CC(C)C)C[P+](=O)OC(N)CC1CC=CCC1. The number of carbonyl (C=O) groups excluding carboxylic acids is 1. The van der Waals surface area contributed by atoms with Crippen molar-refractivity contribution in [1.29, 1.82) is 0 Å². The minimum atomic E-state index is -1.95. The van der Waals surface area contributed by atoms with E-state index in [1.165, 1.54) is 7.11 Å². The minimum Gasteiger partial charge on any atom is -0.469 e. The summed E-state index contributed by atoms with van der Waals surface area (Å²) in [6.07, 6.45) is 8.51. The van der Waals surface area contributed by atoms with Gasteiger partial charge in [0.05, 0.1) is 7.11 Å². The Morgan fingerprint density at radius 3 is 2.68 bits per heavy atom. The summed E-state index contributed by atoms with van der Waals surface area (Å²) in [6.45, 7) is 4.04. The number of hydrogen-bond acceptors (Lipinski definition) is 5. The van der Waals surface area contributed by atoms with E-state index in [9.17, 15) is 9.36 Å². The summed E-state index contributed by atoms with van der Waals surface area (Å²) in [7, 11) is -0.596. The molecular formula is C16H29NO4P+. The van der Waals surface area contributed by atoms with E-state index in [0.717, 1.165) is 19.3 Å². The molecule has 0 aliphatic heterocycles. The van der Waals surface area contributed by atoms with Crippen LogP contribution in [0.1, 0.15) is 46.0 Å². The number of esters is 1. The molecule has 126 valence electrons. The molecule has 22 heavy (non-hydrogen) atoms. The first-order valence-corrected chi connectivity index (χ1v) is 9.38. The Bertz CT molecular complexity index is 398. The normalized spacial score (nSPS) is 21.5. The monoisotopic (exact) mass is 330 g/mol. The molecule has 0 fully saturated rings. The maximum absolute atomic E-state index is 12.1. The third-order valence-corrected chi connectivity index (χ3v) is 5.10. The highest BCUT2D eigenvalue weighted by Gasteiger charge is 2.33. The molecule has 4 unspecified atom stereocenters. The van der Waals surface area contributed by atoms with Crippen LogP contribution in [0.4, 0.5) is 0 Å². The van der Waals surface area contributed by atoms with E-state index in [1.54, 1.807) is 0 Å². The van der Waals surface area contributed by atoms with Crippen LogP contribution in [-0.4, -0.2) is 25.5 Å². The van der Waals surface area contributed by atoms with Gasteiger partial charge in [-0.05, 0) is 48.5 Å². The van der Waals surface area contributed by atoms with Gasteiger partial charge in [-0.2, -0.15) is 0 Å². The van der Waals surface area contributed by atoms with E-state index < -0.39 is 20.2 Å². The fourth-order valence-electron chi connectivity index (χ4n) is 2.80. The minimum absolute atomic E-state index is 0.179. The van der Waals surface area contributed by atoms with Gasteiger partial charge < -0.3 is 10.5 Å². The van der Waals surface area contributed by atoms with Gasteiger partial charge in [0, 0.05) is 0 Å². The van der Waals surface area contributed by atoms with Gasteiger partial charge >= 0.3 is 14.0 Å². The summed E-state index contributed by atoms with van der Waals surface area (Å²) in [6, 6.07) is 0. The second-order valence-electron chi connectivity index (χ2n) is 6.39. The zero-order valence-electron chi connectivity index (χ0n) is 13.9. The molecule has 0 amide bonds. The second-order valence-corrected chi connectivity index (χ2v) is 7.64. The third kappa shape index (κ3) is 7.48. The topological polar surface area (TPSA) is 78.6 Å². The van der Waals surface area contributed by atoms with Crippen molar-refractivity contribution in [3.05, 3.63) is 12.2 Å². The van der Waals surface area contributed by atoms with E-state index in [-0.39, 0.29) is 12.1 Å². The van der Waals surface area contributed by atoms with E-state index in [4.69, 9.17) is 15.0 Å². The highest BCUT2D eigenvalue weighted by Crippen LogP contribution is 2.32. The molecule has 0 aromatic carbocycles. The predicted molar refractivity (Wildman–Crippen MR) is 87.6 cm³/mol. The summed E-state index contributed by atoms with van der Waals surface area (Å²) in [5.41, 5.74) is 5.94. The van der Waals surface area contributed by atoms with Crippen molar-refractivity contribution in [2.45, 2.75) is 52.2 Å². The Morgan fingerprint density at radius 2 is 2.14 bits per heavy atom. The quantitative estimate of drug-likeness (QED) is 0.302. The van der Waals surface area contributed by atoms with Gasteiger partial charge in [0.25, 0.3) is 0 Å². The van der Waals surface area contributed by atoms with Crippen LogP contribution in [0.15, 0.2) is 12.2 Å². The predicted octanol–water partition coefficient (Wildman–Crippen LogP) is 3.61. The van der Waals surface area contributed by atoms with E-state index in [1.807, 2.05) is 13.8 Å². The van der Waals surface area contributed by atoms with Crippen LogP contribution in [0.3, 0.4) is 0 Å². The fourth-order valence-corrected chi connectivity index (χ4v) is 3.93. The van der Waals surface area contributed by atoms with Gasteiger partial charge in [0.15, 0.2) is 12.4 Å². The van der Waals surface area contributed by atoms with Gasteiger partial charge in [-0.1, -0.05) is 26.0 Å². The van der Waals surface area contributed by atoms with Crippen LogP contribution in [0, 0.1) is 17.8 Å². The van der Waals surface area contributed by atoms with Gasteiger partial charge in [-0.3, -0.25) is 4.79 Å². The first-order chi connectivity index (χ1) is 10.4. The molecule has 4 atom stereocenters. The molecule has 1 rings (SSSR count). The van der Waals surface area contributed by atoms with Crippen molar-refractivity contribution < 1.29 is 18.6 Å². The molecule has 0 spiro atoms. The van der Waals surface area contributed by atoms with Crippen LogP contribution in [0.2, 0.25) is 0 Å². The van der Waals surface area contributed by atoms with Crippen LogP contribution >= 0.6 is 8.03 Å². The Hall–Kier alpha value is -0.770. The molecule has 0 bridgehead atoms. The first kappa shape index (κ1) is 19.3. The molecular weight excluding hydrogens is 301 g/mol. The van der Waals surface area contributed by atoms with Gasteiger partial charge in [-0.25, -0.2) is 0 Å². The average Bonchev–Trinajstić information content (AvgIpc) is 2.46. The number of ether oxygens (including phenoxy) is 1. The van der Waals surface area contributed by atoms with Crippen molar-refractivity contribution in [2.24, 2.45) is 23.5 Å². The van der Waals surface area contributed by atoms with Crippen molar-refractivity contribution in [3.8, 4) is 0 Å². The molecule has 6 heteroatoms. The van der Waals surface area contributed by atoms with E-state index in [2.05, 4.69) is 12.2 Å². The molecule has 0 aromatic rings. The Morgan fingerprint density at radius 1 is 1.41 bits per heavy atom. The lowest BCUT2D eigenvalue weighted by atomic mass is 9.91. The summed E-state index contributed by atoms with van der Waals surface area (Å²) >= 11 is 0. The Balaban J connectivity index is 2.41. The number of nitrogens with two attached hydrogens (primary N) is 1. The number of rotatable bonds is 9. The molecule has 0 radical (unpaired) electrons. The second kappa shape index (κ2) is 10.1. The van der Waals surface area contributed by atoms with E-state index >= 15 is 0 Å². The fraction of sp³-hybridized carbons (Fsp3) is 0.812. The molecule has 1 aliphatic rings. The zero-order valence-corrected chi connectivity index (χ0v) is 14.8. The number of carbonyl (C=O) groups is 1. The highest BCUT2D eigenvalue weighted by atomic mass is 31.1. The van der Waals surface area contributed by atoms with E-state index in [0.29, 0.717) is 24.7 Å². The van der Waals surface area contributed by atoms with Crippen LogP contribution in [0.5, 0.6) is 0 Å². The lowest BCUT2D eigenvalue weighted by Gasteiger charge is -2.19. The van der Waals surface area contributed by atoms with Gasteiger partial charge in [0.2, 0.25) is 0 Å². The maximum Gasteiger partial charge on any atom is 0.510 e. The number of methoxy groups -OCH3 is 1. The standard InChI is InChI=1S/C16H29NO4P/c1-12(2)9-14(16(18)20-3)11-22(19)21-15(17)10-13-7-5-4-6-8-13/h4-5,12-15H,6-11,17H2,1-3H3/q+1. The van der Waals surface area contributed by atoms with Crippen LogP contribution in [0.25, 0.3) is 0 Å². The Kier molecular flexibility index (Phi) is 8.84. The number of allylic oxidation sites excluding steroid dienone is 2. The molecule has 0 saturated carbocycles. The summed E-state index contributed by atoms with van der Waals surface area (Å²) in [4.78, 5) is 11.7. The largest absolute Gasteiger partial charge is 0.510 e. The molecule has 0 heterocycles. The summed E-state index contributed by atoms with van der Waals surface area (Å²) < 4.78 is 22.3. The average molecular weight is 330 g/mol. The van der Waals surface area contributed by atoms with Crippen LogP contribution < -0.4 is 5.73 Å². The molecule has 1 aliphatic carbocycles. The third-order valence-electron chi connectivity index (χ3n) is 3.86. The van der Waals surface area contributed by atoms with Gasteiger partial charge in [-0.15, -0.1) is 4.52 Å². The smallest absolute Gasteiger partial charge is 0.469 e. The Labute approximate surface area is 134 Å². The molecule has 5 nitrogen and oxygen atoms in total. The number of hydrogen-bond donors (Lipinski definition) is 1. The van der Waals surface area contributed by atoms with Crippen molar-refractivity contribution in [3.63, 3.8) is 0 Å².